The molecule has 0 radical (unpaired) electrons. The summed E-state index contributed by atoms with van der Waals surface area (Å²) in [5, 5.41) is 9.51. The molecular formula is C35H43NO4. The normalized spacial score (nSPS) is 16.3. The second-order valence-electron chi connectivity index (χ2n) is 11.9. The van der Waals surface area contributed by atoms with Crippen molar-refractivity contribution in [2.45, 2.75) is 84.8 Å². The summed E-state index contributed by atoms with van der Waals surface area (Å²) < 4.78 is 6.49. The number of unbranched alkanes of at least 4 members (excludes halogenated alkanes) is 1. The van der Waals surface area contributed by atoms with Gasteiger partial charge in [-0.1, -0.05) is 75.7 Å². The molecule has 0 spiro atoms. The maximum atomic E-state index is 13.5. The number of rotatable bonds is 12. The Morgan fingerprint density at radius 1 is 0.950 bits per heavy atom. The first-order valence-corrected chi connectivity index (χ1v) is 14.6. The highest BCUT2D eigenvalue weighted by Crippen LogP contribution is 2.36. The number of aryl methyl sites for hydroxylation is 2. The van der Waals surface area contributed by atoms with Crippen molar-refractivity contribution in [3.63, 3.8) is 0 Å². The molecule has 3 aromatic rings. The van der Waals surface area contributed by atoms with Gasteiger partial charge in [0.25, 0.3) is 5.91 Å². The number of benzene rings is 3. The van der Waals surface area contributed by atoms with E-state index in [2.05, 4.69) is 64.1 Å². The van der Waals surface area contributed by atoms with Gasteiger partial charge in [0.1, 0.15) is 17.9 Å². The third kappa shape index (κ3) is 7.97. The Morgan fingerprint density at radius 2 is 1.60 bits per heavy atom. The van der Waals surface area contributed by atoms with Gasteiger partial charge >= 0.3 is 5.97 Å². The number of hydrogen-bond acceptors (Lipinski definition) is 3. The van der Waals surface area contributed by atoms with Crippen LogP contribution in [-0.2, 0) is 37.0 Å². The van der Waals surface area contributed by atoms with Crippen molar-refractivity contribution < 1.29 is 19.4 Å². The van der Waals surface area contributed by atoms with Crippen molar-refractivity contribution in [3.05, 3.63) is 100 Å². The first-order chi connectivity index (χ1) is 19.1. The summed E-state index contributed by atoms with van der Waals surface area (Å²) in [5.74, 6) is 0.128. The Labute approximate surface area is 239 Å². The lowest BCUT2D eigenvalue weighted by molar-refractivity contribution is -0.137. The molecule has 0 saturated carbocycles. The number of carbonyl (C=O) groups is 2. The molecule has 3 aromatic carbocycles. The van der Waals surface area contributed by atoms with E-state index in [1.54, 1.807) is 6.07 Å². The van der Waals surface area contributed by atoms with Crippen molar-refractivity contribution in [1.29, 1.82) is 0 Å². The van der Waals surface area contributed by atoms with Crippen LogP contribution in [0.15, 0.2) is 66.7 Å². The third-order valence-corrected chi connectivity index (χ3v) is 7.66. The van der Waals surface area contributed by atoms with E-state index in [0.29, 0.717) is 11.5 Å². The maximum absolute atomic E-state index is 13.5. The Bertz CT molecular complexity index is 1300. The fourth-order valence-electron chi connectivity index (χ4n) is 5.50. The number of carbonyl (C=O) groups excluding carboxylic acids is 1. The monoisotopic (exact) mass is 541 g/mol. The minimum Gasteiger partial charge on any atom is -0.487 e. The lowest BCUT2D eigenvalue weighted by Crippen LogP contribution is -2.39. The number of carboxylic acids is 1. The van der Waals surface area contributed by atoms with E-state index in [1.807, 2.05) is 24.3 Å². The van der Waals surface area contributed by atoms with Gasteiger partial charge in [-0.2, -0.15) is 0 Å². The van der Waals surface area contributed by atoms with Crippen LogP contribution in [0.2, 0.25) is 0 Å². The summed E-state index contributed by atoms with van der Waals surface area (Å²) in [5.41, 5.74) is 5.95. The summed E-state index contributed by atoms with van der Waals surface area (Å²) in [6.45, 7) is 8.69. The zero-order chi connectivity index (χ0) is 28.7. The van der Waals surface area contributed by atoms with E-state index in [9.17, 15) is 14.7 Å². The highest BCUT2D eigenvalue weighted by molar-refractivity contribution is 5.96. The number of fused-ring (bicyclic) bond motifs is 1. The predicted octanol–water partition coefficient (Wildman–Crippen LogP) is 7.28. The fourth-order valence-corrected chi connectivity index (χ4v) is 5.50. The van der Waals surface area contributed by atoms with E-state index in [-0.39, 0.29) is 24.6 Å². The van der Waals surface area contributed by atoms with Gasteiger partial charge < -0.3 is 14.7 Å². The summed E-state index contributed by atoms with van der Waals surface area (Å²) in [6.07, 6.45) is 6.84. The molecule has 0 unspecified atom stereocenters. The first-order valence-electron chi connectivity index (χ1n) is 14.6. The molecule has 1 N–H and O–H groups in total. The molecule has 4 rings (SSSR count). The lowest BCUT2D eigenvalue weighted by Gasteiger charge is -2.36. The quantitative estimate of drug-likeness (QED) is 0.262. The SMILES string of the molecule is CCCCc1ccc(CN(CC(=O)O)C(=O)c2ccc3c(c2)CC[C@@](C)(Cc2ccc(CC(C)C)cc2)O3)cc1. The van der Waals surface area contributed by atoms with Gasteiger partial charge in [-0.25, -0.2) is 0 Å². The van der Waals surface area contributed by atoms with Gasteiger partial charge in [0.15, 0.2) is 0 Å². The summed E-state index contributed by atoms with van der Waals surface area (Å²) in [4.78, 5) is 26.5. The lowest BCUT2D eigenvalue weighted by atomic mass is 9.86. The second kappa shape index (κ2) is 13.2. The molecule has 0 saturated heterocycles. The van der Waals surface area contributed by atoms with E-state index >= 15 is 0 Å². The number of aliphatic carboxylic acids is 1. The van der Waals surface area contributed by atoms with Crippen molar-refractivity contribution in [1.82, 2.24) is 4.90 Å². The summed E-state index contributed by atoms with van der Waals surface area (Å²) in [6, 6.07) is 22.5. The molecule has 1 aliphatic heterocycles. The van der Waals surface area contributed by atoms with Crippen molar-refractivity contribution in [3.8, 4) is 5.75 Å². The molecule has 5 heteroatoms. The molecule has 212 valence electrons. The highest BCUT2D eigenvalue weighted by Gasteiger charge is 2.32. The molecule has 0 fully saturated rings. The molecule has 1 heterocycles. The summed E-state index contributed by atoms with van der Waals surface area (Å²) >= 11 is 0. The van der Waals surface area contributed by atoms with Gasteiger partial charge in [0.05, 0.1) is 0 Å². The minimum atomic E-state index is -1.03. The highest BCUT2D eigenvalue weighted by atomic mass is 16.5. The Morgan fingerprint density at radius 3 is 2.25 bits per heavy atom. The summed E-state index contributed by atoms with van der Waals surface area (Å²) in [7, 11) is 0. The smallest absolute Gasteiger partial charge is 0.323 e. The molecule has 1 atom stereocenters. The van der Waals surface area contributed by atoms with E-state index in [1.165, 1.54) is 21.6 Å². The fraction of sp³-hybridized carbons (Fsp3) is 0.429. The van der Waals surface area contributed by atoms with Crippen LogP contribution in [0.1, 0.15) is 85.1 Å². The second-order valence-corrected chi connectivity index (χ2v) is 11.9. The van der Waals surface area contributed by atoms with Gasteiger partial charge in [0.2, 0.25) is 0 Å². The van der Waals surface area contributed by atoms with Crippen molar-refractivity contribution in [2.75, 3.05) is 6.54 Å². The minimum absolute atomic E-state index is 0.251. The topological polar surface area (TPSA) is 66.8 Å². The predicted molar refractivity (Wildman–Crippen MR) is 160 cm³/mol. The number of ether oxygens (including phenoxy) is 1. The van der Waals surface area contributed by atoms with E-state index in [0.717, 1.165) is 61.8 Å². The van der Waals surface area contributed by atoms with Crippen LogP contribution in [0.5, 0.6) is 5.75 Å². The van der Waals surface area contributed by atoms with Gasteiger partial charge in [0, 0.05) is 18.5 Å². The number of amides is 1. The Balaban J connectivity index is 1.44. The van der Waals surface area contributed by atoms with Crippen LogP contribution in [0.4, 0.5) is 0 Å². The molecule has 40 heavy (non-hydrogen) atoms. The molecule has 0 aromatic heterocycles. The van der Waals surface area contributed by atoms with Crippen molar-refractivity contribution in [2.24, 2.45) is 5.92 Å². The number of hydrogen-bond donors (Lipinski definition) is 1. The average molecular weight is 542 g/mol. The van der Waals surface area contributed by atoms with Crippen LogP contribution in [0.3, 0.4) is 0 Å². The van der Waals surface area contributed by atoms with Crippen LogP contribution < -0.4 is 4.74 Å². The van der Waals surface area contributed by atoms with Crippen LogP contribution >= 0.6 is 0 Å². The van der Waals surface area contributed by atoms with E-state index < -0.39 is 5.97 Å². The number of nitrogens with zero attached hydrogens (tertiary/aromatic N) is 1. The molecule has 0 bridgehead atoms. The van der Waals surface area contributed by atoms with Gasteiger partial charge in [-0.3, -0.25) is 9.59 Å². The Hall–Kier alpha value is -3.60. The number of carboxylic acid groups (broad SMARTS) is 1. The molecular weight excluding hydrogens is 498 g/mol. The van der Waals surface area contributed by atoms with Crippen LogP contribution in [0, 0.1) is 5.92 Å². The van der Waals surface area contributed by atoms with Crippen LogP contribution in [0.25, 0.3) is 0 Å². The van der Waals surface area contributed by atoms with Gasteiger partial charge in [-0.15, -0.1) is 0 Å². The molecule has 1 amide bonds. The third-order valence-electron chi connectivity index (χ3n) is 7.66. The zero-order valence-electron chi connectivity index (χ0n) is 24.4. The van der Waals surface area contributed by atoms with Crippen molar-refractivity contribution >= 4 is 11.9 Å². The molecule has 5 nitrogen and oxygen atoms in total. The molecule has 0 aliphatic carbocycles. The maximum Gasteiger partial charge on any atom is 0.323 e. The average Bonchev–Trinajstić information content (AvgIpc) is 2.92. The van der Waals surface area contributed by atoms with Gasteiger partial charge in [-0.05, 0) is 91.0 Å². The molecule has 1 aliphatic rings. The standard InChI is InChI=1S/C35H43NO4/c1-5-6-7-26-8-14-29(15-9-26)23-36(24-33(37)38)34(39)31-16-17-32-30(21-31)18-19-35(4,40-32)22-28-12-10-27(11-13-28)20-25(2)3/h8-17,21,25H,5-7,18-20,22-24H2,1-4H3,(H,37,38)/t35-/m0/s1. The largest absolute Gasteiger partial charge is 0.487 e. The Kier molecular flexibility index (Phi) is 9.67. The first kappa shape index (κ1) is 29.4. The zero-order valence-corrected chi connectivity index (χ0v) is 24.4. The van der Waals surface area contributed by atoms with Crippen LogP contribution in [-0.4, -0.2) is 34.0 Å². The van der Waals surface area contributed by atoms with E-state index in [4.69, 9.17) is 4.74 Å².